The lowest BCUT2D eigenvalue weighted by Crippen LogP contribution is -1.97. The van der Waals surface area contributed by atoms with Crippen LogP contribution in [-0.4, -0.2) is 26.2 Å². The first-order valence-corrected chi connectivity index (χ1v) is 14.5. The van der Waals surface area contributed by atoms with E-state index in [4.69, 9.17) is 22.9 Å². The maximum atomic E-state index is 5.37. The van der Waals surface area contributed by atoms with Gasteiger partial charge in [0.2, 0.25) is 0 Å². The number of unbranched alkanes of at least 4 members (excludes halogenated alkanes) is 16. The Labute approximate surface area is 205 Å². The summed E-state index contributed by atoms with van der Waals surface area (Å²) in [5.41, 5.74) is 21.2. The van der Waals surface area contributed by atoms with Gasteiger partial charge in [0.05, 0.1) is 0 Å². The van der Waals surface area contributed by atoms with Crippen LogP contribution in [-0.2, 0) is 0 Å². The third-order valence-corrected chi connectivity index (χ3v) is 5.23. The molecule has 0 aromatic carbocycles. The van der Waals surface area contributed by atoms with Gasteiger partial charge in [0, 0.05) is 0 Å². The predicted octanol–water partition coefficient (Wildman–Crippen LogP) is 7.66. The van der Waals surface area contributed by atoms with Crippen molar-refractivity contribution in [2.75, 3.05) is 26.2 Å². The van der Waals surface area contributed by atoms with E-state index in [1.54, 1.807) is 0 Å². The average molecular weight is 461 g/mol. The molecule has 200 valence electrons. The molecule has 0 saturated heterocycles. The number of hydrogen-bond donors (Lipinski definition) is 4. The Morgan fingerprint density at radius 3 is 0.594 bits per heavy atom. The molecule has 0 aliphatic carbocycles. The largest absolute Gasteiger partial charge is 0.330 e. The van der Waals surface area contributed by atoms with Gasteiger partial charge in [-0.3, -0.25) is 0 Å². The molecule has 0 amide bonds. The normalized spacial score (nSPS) is 9.75. The standard InChI is InChI=1S/C9H21N.C8H19N.C7H17N.C4H11N/c1-2-3-4-5-6-7-8-9-10;1-2-3-4-5-6-7-8-9;1-2-3-4-5-6-7-8;1-2-3-4-5/h2-10H2,1H3;2-9H2,1H3;2-8H2,1H3;2-5H2,1H3. The molecule has 32 heavy (non-hydrogen) atoms. The maximum Gasteiger partial charge on any atom is -0.00773 e. The van der Waals surface area contributed by atoms with E-state index in [1.807, 2.05) is 0 Å². The van der Waals surface area contributed by atoms with E-state index in [0.717, 1.165) is 26.2 Å². The van der Waals surface area contributed by atoms with E-state index >= 15 is 0 Å². The van der Waals surface area contributed by atoms with Crippen molar-refractivity contribution in [1.29, 1.82) is 0 Å². The van der Waals surface area contributed by atoms with Crippen LogP contribution in [0.2, 0.25) is 0 Å². The Morgan fingerprint density at radius 2 is 0.438 bits per heavy atom. The van der Waals surface area contributed by atoms with Crippen molar-refractivity contribution in [3.05, 3.63) is 0 Å². The van der Waals surface area contributed by atoms with Crippen molar-refractivity contribution in [2.24, 2.45) is 22.9 Å². The zero-order valence-corrected chi connectivity index (χ0v) is 23.3. The zero-order chi connectivity index (χ0) is 25.0. The van der Waals surface area contributed by atoms with Gasteiger partial charge in [-0.15, -0.1) is 0 Å². The zero-order valence-electron chi connectivity index (χ0n) is 23.3. The summed E-state index contributed by atoms with van der Waals surface area (Å²) in [6.07, 6.45) is 26.5. The van der Waals surface area contributed by atoms with Crippen molar-refractivity contribution >= 4 is 0 Å². The molecule has 0 radical (unpaired) electrons. The monoisotopic (exact) mass is 461 g/mol. The molecule has 0 bridgehead atoms. The summed E-state index contributed by atoms with van der Waals surface area (Å²) in [6, 6.07) is 0. The summed E-state index contributed by atoms with van der Waals surface area (Å²) in [6.45, 7) is 12.3. The smallest absolute Gasteiger partial charge is 0.00773 e. The first kappa shape index (κ1) is 39.1. The lowest BCUT2D eigenvalue weighted by molar-refractivity contribution is 0.593. The van der Waals surface area contributed by atoms with E-state index in [1.165, 1.54) is 128 Å². The van der Waals surface area contributed by atoms with E-state index in [0.29, 0.717) is 0 Å². The van der Waals surface area contributed by atoms with Crippen molar-refractivity contribution in [3.8, 4) is 0 Å². The molecule has 0 aliphatic rings. The fourth-order valence-corrected chi connectivity index (χ4v) is 2.98. The molecule has 0 saturated carbocycles. The molecule has 4 heteroatoms. The van der Waals surface area contributed by atoms with Gasteiger partial charge in [0.15, 0.2) is 0 Å². The van der Waals surface area contributed by atoms with Crippen LogP contribution in [0.5, 0.6) is 0 Å². The highest BCUT2D eigenvalue weighted by Crippen LogP contribution is 2.06. The Balaban J connectivity index is -0.000000168. The summed E-state index contributed by atoms with van der Waals surface area (Å²) in [5.74, 6) is 0. The molecule has 0 unspecified atom stereocenters. The van der Waals surface area contributed by atoms with E-state index < -0.39 is 0 Å². The molecular weight excluding hydrogens is 392 g/mol. The third-order valence-electron chi connectivity index (χ3n) is 5.23. The number of rotatable bonds is 20. The third kappa shape index (κ3) is 63.1. The minimum absolute atomic E-state index is 0.844. The second kappa shape index (κ2) is 48.3. The topological polar surface area (TPSA) is 104 Å². The van der Waals surface area contributed by atoms with Crippen LogP contribution in [0.3, 0.4) is 0 Å². The van der Waals surface area contributed by atoms with Gasteiger partial charge in [-0.25, -0.2) is 0 Å². The predicted molar refractivity (Wildman–Crippen MR) is 151 cm³/mol. The first-order valence-electron chi connectivity index (χ1n) is 14.5. The summed E-state index contributed by atoms with van der Waals surface area (Å²) < 4.78 is 0. The summed E-state index contributed by atoms with van der Waals surface area (Å²) in [5, 5.41) is 0. The van der Waals surface area contributed by atoms with Gasteiger partial charge in [0.25, 0.3) is 0 Å². The van der Waals surface area contributed by atoms with Gasteiger partial charge in [-0.1, -0.05) is 130 Å². The number of nitrogens with two attached hydrogens (primary N) is 4. The first-order chi connectivity index (χ1) is 15.7. The SMILES string of the molecule is CCCCCCCCCN.CCCCCCCCN.CCCCCCCN.CCCCN. The minimum atomic E-state index is 0.844. The van der Waals surface area contributed by atoms with E-state index in [2.05, 4.69) is 27.7 Å². The molecule has 0 aromatic rings. The Morgan fingerprint density at radius 1 is 0.250 bits per heavy atom. The molecule has 0 aromatic heterocycles. The maximum absolute atomic E-state index is 5.37. The molecular formula is C28H68N4. The Kier molecular flexibility index (Phi) is 59.0. The van der Waals surface area contributed by atoms with Crippen LogP contribution in [0.15, 0.2) is 0 Å². The molecule has 0 rings (SSSR count). The lowest BCUT2D eigenvalue weighted by Gasteiger charge is -1.97. The molecule has 0 fully saturated rings. The van der Waals surface area contributed by atoms with Crippen molar-refractivity contribution in [3.63, 3.8) is 0 Å². The quantitative estimate of drug-likeness (QED) is 0.140. The van der Waals surface area contributed by atoms with E-state index in [9.17, 15) is 0 Å². The Hall–Kier alpha value is -0.160. The molecule has 0 spiro atoms. The van der Waals surface area contributed by atoms with Gasteiger partial charge >= 0.3 is 0 Å². The van der Waals surface area contributed by atoms with Gasteiger partial charge < -0.3 is 22.9 Å². The second-order valence-electron chi connectivity index (χ2n) is 8.81. The van der Waals surface area contributed by atoms with Crippen molar-refractivity contribution in [2.45, 2.75) is 156 Å². The van der Waals surface area contributed by atoms with Crippen molar-refractivity contribution < 1.29 is 0 Å². The highest BCUT2D eigenvalue weighted by atomic mass is 14.5. The molecule has 0 atom stereocenters. The molecule has 0 heterocycles. The summed E-state index contributed by atoms with van der Waals surface area (Å²) in [4.78, 5) is 0. The molecule has 8 N–H and O–H groups in total. The molecule has 4 nitrogen and oxygen atoms in total. The summed E-state index contributed by atoms with van der Waals surface area (Å²) >= 11 is 0. The van der Waals surface area contributed by atoms with Crippen LogP contribution in [0.4, 0.5) is 0 Å². The molecule has 0 aliphatic heterocycles. The highest BCUT2D eigenvalue weighted by Gasteiger charge is 1.88. The minimum Gasteiger partial charge on any atom is -0.330 e. The summed E-state index contributed by atoms with van der Waals surface area (Å²) in [7, 11) is 0. The van der Waals surface area contributed by atoms with Crippen LogP contribution in [0, 0.1) is 0 Å². The van der Waals surface area contributed by atoms with Gasteiger partial charge in [-0.05, 0) is 51.9 Å². The van der Waals surface area contributed by atoms with Crippen molar-refractivity contribution in [1.82, 2.24) is 0 Å². The number of hydrogen-bond acceptors (Lipinski definition) is 4. The highest BCUT2D eigenvalue weighted by molar-refractivity contribution is 4.45. The van der Waals surface area contributed by atoms with Gasteiger partial charge in [0.1, 0.15) is 0 Å². The second-order valence-corrected chi connectivity index (χ2v) is 8.81. The van der Waals surface area contributed by atoms with Crippen LogP contribution in [0.1, 0.15) is 156 Å². The fourth-order valence-electron chi connectivity index (χ4n) is 2.98. The fraction of sp³-hybridized carbons (Fsp3) is 1.00. The van der Waals surface area contributed by atoms with Crippen LogP contribution in [0.25, 0.3) is 0 Å². The lowest BCUT2D eigenvalue weighted by atomic mass is 10.1. The Bertz CT molecular complexity index is 215. The van der Waals surface area contributed by atoms with Crippen LogP contribution >= 0.6 is 0 Å². The van der Waals surface area contributed by atoms with E-state index in [-0.39, 0.29) is 0 Å². The average Bonchev–Trinajstić information content (AvgIpc) is 2.81. The van der Waals surface area contributed by atoms with Crippen LogP contribution < -0.4 is 22.9 Å². The van der Waals surface area contributed by atoms with Gasteiger partial charge in [-0.2, -0.15) is 0 Å².